The SMILES string of the molecule is Cc1nc(NCc2cccc(CO)c2)ncc1C(=O)O. The summed E-state index contributed by atoms with van der Waals surface area (Å²) in [5.74, 6) is -0.661. The lowest BCUT2D eigenvalue weighted by Crippen LogP contribution is -2.08. The second kappa shape index (κ2) is 6.12. The van der Waals surface area contributed by atoms with E-state index in [2.05, 4.69) is 15.3 Å². The van der Waals surface area contributed by atoms with Crippen molar-refractivity contribution in [2.45, 2.75) is 20.1 Å². The molecule has 0 bridgehead atoms. The standard InChI is InChI=1S/C14H15N3O3/c1-9-12(13(19)20)7-16-14(17-9)15-6-10-3-2-4-11(5-10)8-18/h2-5,7,18H,6,8H2,1H3,(H,19,20)(H,15,16,17). The molecule has 1 aromatic heterocycles. The summed E-state index contributed by atoms with van der Waals surface area (Å²) in [6, 6.07) is 7.50. The minimum absolute atomic E-state index is 0.00322. The highest BCUT2D eigenvalue weighted by Crippen LogP contribution is 2.10. The third-order valence-electron chi connectivity index (χ3n) is 2.83. The highest BCUT2D eigenvalue weighted by molar-refractivity contribution is 5.88. The molecule has 0 unspecified atom stereocenters. The monoisotopic (exact) mass is 273 g/mol. The minimum atomic E-state index is -1.04. The number of aryl methyl sites for hydroxylation is 1. The van der Waals surface area contributed by atoms with Gasteiger partial charge < -0.3 is 15.5 Å². The van der Waals surface area contributed by atoms with Crippen molar-refractivity contribution < 1.29 is 15.0 Å². The van der Waals surface area contributed by atoms with E-state index in [0.29, 0.717) is 18.2 Å². The van der Waals surface area contributed by atoms with E-state index < -0.39 is 5.97 Å². The van der Waals surface area contributed by atoms with Gasteiger partial charge >= 0.3 is 5.97 Å². The summed E-state index contributed by atoms with van der Waals surface area (Å²) in [5, 5.41) is 21.0. The summed E-state index contributed by atoms with van der Waals surface area (Å²) in [5.41, 5.74) is 2.33. The number of benzene rings is 1. The van der Waals surface area contributed by atoms with Crippen LogP contribution in [0.1, 0.15) is 27.2 Å². The van der Waals surface area contributed by atoms with Crippen molar-refractivity contribution in [2.24, 2.45) is 0 Å². The Kier molecular flexibility index (Phi) is 4.27. The number of aliphatic hydroxyl groups is 1. The Labute approximate surface area is 116 Å². The quantitative estimate of drug-likeness (QED) is 0.765. The first-order chi connectivity index (χ1) is 9.60. The van der Waals surface area contributed by atoms with Crippen molar-refractivity contribution in [1.29, 1.82) is 0 Å². The molecule has 0 aliphatic carbocycles. The van der Waals surface area contributed by atoms with E-state index in [4.69, 9.17) is 10.2 Å². The predicted molar refractivity (Wildman–Crippen MR) is 73.4 cm³/mol. The summed E-state index contributed by atoms with van der Waals surface area (Å²) in [6.07, 6.45) is 1.29. The minimum Gasteiger partial charge on any atom is -0.478 e. The van der Waals surface area contributed by atoms with Crippen LogP contribution >= 0.6 is 0 Å². The van der Waals surface area contributed by atoms with Crippen molar-refractivity contribution in [3.05, 3.63) is 52.8 Å². The molecule has 0 aliphatic heterocycles. The number of rotatable bonds is 5. The highest BCUT2D eigenvalue weighted by atomic mass is 16.4. The van der Waals surface area contributed by atoms with Gasteiger partial charge in [-0.15, -0.1) is 0 Å². The summed E-state index contributed by atoms with van der Waals surface area (Å²) in [7, 11) is 0. The van der Waals surface area contributed by atoms with Crippen LogP contribution in [0, 0.1) is 6.92 Å². The Morgan fingerprint density at radius 3 is 2.75 bits per heavy atom. The van der Waals surface area contributed by atoms with Crippen LogP contribution in [-0.2, 0) is 13.2 Å². The van der Waals surface area contributed by atoms with Crippen LogP contribution in [0.5, 0.6) is 0 Å². The summed E-state index contributed by atoms with van der Waals surface area (Å²) in [4.78, 5) is 18.9. The molecule has 0 spiro atoms. The third kappa shape index (κ3) is 3.30. The molecule has 0 saturated heterocycles. The smallest absolute Gasteiger partial charge is 0.339 e. The van der Waals surface area contributed by atoms with Crippen LogP contribution < -0.4 is 5.32 Å². The number of aromatic carboxylic acids is 1. The van der Waals surface area contributed by atoms with Gasteiger partial charge in [0.15, 0.2) is 0 Å². The summed E-state index contributed by atoms with van der Waals surface area (Å²) < 4.78 is 0. The zero-order chi connectivity index (χ0) is 14.5. The van der Waals surface area contributed by atoms with Crippen molar-refractivity contribution >= 4 is 11.9 Å². The van der Waals surface area contributed by atoms with Gasteiger partial charge in [-0.05, 0) is 18.1 Å². The van der Waals surface area contributed by atoms with Crippen molar-refractivity contribution in [3.63, 3.8) is 0 Å². The topological polar surface area (TPSA) is 95.3 Å². The second-order valence-corrected chi connectivity index (χ2v) is 4.33. The van der Waals surface area contributed by atoms with Gasteiger partial charge in [0, 0.05) is 12.7 Å². The number of aliphatic hydroxyl groups excluding tert-OH is 1. The molecule has 0 fully saturated rings. The molecule has 104 valence electrons. The van der Waals surface area contributed by atoms with E-state index in [1.54, 1.807) is 6.92 Å². The van der Waals surface area contributed by atoms with Crippen molar-refractivity contribution in [3.8, 4) is 0 Å². The van der Waals surface area contributed by atoms with E-state index in [9.17, 15) is 4.79 Å². The van der Waals surface area contributed by atoms with Crippen LogP contribution in [-0.4, -0.2) is 26.2 Å². The van der Waals surface area contributed by atoms with Gasteiger partial charge in [-0.1, -0.05) is 24.3 Å². The lowest BCUT2D eigenvalue weighted by Gasteiger charge is -2.07. The third-order valence-corrected chi connectivity index (χ3v) is 2.83. The fourth-order valence-electron chi connectivity index (χ4n) is 1.78. The number of hydrogen-bond acceptors (Lipinski definition) is 5. The maximum absolute atomic E-state index is 10.9. The number of nitrogens with one attached hydrogen (secondary N) is 1. The largest absolute Gasteiger partial charge is 0.478 e. The van der Waals surface area contributed by atoms with Crippen LogP contribution in [0.3, 0.4) is 0 Å². The van der Waals surface area contributed by atoms with Gasteiger partial charge in [0.05, 0.1) is 17.9 Å². The van der Waals surface area contributed by atoms with Gasteiger partial charge in [-0.3, -0.25) is 0 Å². The summed E-state index contributed by atoms with van der Waals surface area (Å²) in [6.45, 7) is 2.12. The Morgan fingerprint density at radius 2 is 2.10 bits per heavy atom. The van der Waals surface area contributed by atoms with Crippen LogP contribution in [0.2, 0.25) is 0 Å². The van der Waals surface area contributed by atoms with Gasteiger partial charge in [0.2, 0.25) is 5.95 Å². The molecule has 0 radical (unpaired) electrons. The number of hydrogen-bond donors (Lipinski definition) is 3. The lowest BCUT2D eigenvalue weighted by molar-refractivity contribution is 0.0695. The first-order valence-electron chi connectivity index (χ1n) is 6.09. The molecule has 20 heavy (non-hydrogen) atoms. The molecule has 0 saturated carbocycles. The number of carboxylic acids is 1. The van der Waals surface area contributed by atoms with Gasteiger partial charge in [-0.25, -0.2) is 14.8 Å². The maximum Gasteiger partial charge on any atom is 0.339 e. The second-order valence-electron chi connectivity index (χ2n) is 4.33. The first-order valence-corrected chi connectivity index (χ1v) is 6.09. The molecule has 6 nitrogen and oxygen atoms in total. The average molecular weight is 273 g/mol. The predicted octanol–water partition coefficient (Wildman–Crippen LogP) is 1.59. The molecule has 0 atom stereocenters. The molecular formula is C14H15N3O3. The van der Waals surface area contributed by atoms with E-state index >= 15 is 0 Å². The number of anilines is 1. The number of aromatic nitrogens is 2. The Hall–Kier alpha value is -2.47. The molecule has 0 aliphatic rings. The molecule has 0 amide bonds. The van der Waals surface area contributed by atoms with Gasteiger partial charge in [0.25, 0.3) is 0 Å². The van der Waals surface area contributed by atoms with E-state index in [-0.39, 0.29) is 12.2 Å². The average Bonchev–Trinajstić information content (AvgIpc) is 2.45. The van der Waals surface area contributed by atoms with E-state index in [1.165, 1.54) is 6.20 Å². The summed E-state index contributed by atoms with van der Waals surface area (Å²) >= 11 is 0. The Balaban J connectivity index is 2.07. The van der Waals surface area contributed by atoms with E-state index in [1.807, 2.05) is 24.3 Å². The molecule has 2 aromatic rings. The zero-order valence-electron chi connectivity index (χ0n) is 11.0. The molecule has 3 N–H and O–H groups in total. The van der Waals surface area contributed by atoms with Crippen molar-refractivity contribution in [1.82, 2.24) is 9.97 Å². The zero-order valence-corrected chi connectivity index (χ0v) is 11.0. The van der Waals surface area contributed by atoms with Crippen LogP contribution in [0.4, 0.5) is 5.95 Å². The van der Waals surface area contributed by atoms with Crippen molar-refractivity contribution in [2.75, 3.05) is 5.32 Å². The highest BCUT2D eigenvalue weighted by Gasteiger charge is 2.09. The molecule has 1 heterocycles. The fraction of sp³-hybridized carbons (Fsp3) is 0.214. The van der Waals surface area contributed by atoms with Gasteiger partial charge in [0.1, 0.15) is 0 Å². The maximum atomic E-state index is 10.9. The molecule has 6 heteroatoms. The number of carboxylic acid groups (broad SMARTS) is 1. The Morgan fingerprint density at radius 1 is 1.35 bits per heavy atom. The number of carbonyl (C=O) groups is 1. The Bertz CT molecular complexity index is 629. The number of nitrogens with zero attached hydrogens (tertiary/aromatic N) is 2. The lowest BCUT2D eigenvalue weighted by atomic mass is 10.1. The van der Waals surface area contributed by atoms with E-state index in [0.717, 1.165) is 11.1 Å². The molecule has 1 aromatic carbocycles. The molecular weight excluding hydrogens is 258 g/mol. The van der Waals surface area contributed by atoms with Crippen LogP contribution in [0.25, 0.3) is 0 Å². The fourth-order valence-corrected chi connectivity index (χ4v) is 1.78. The van der Waals surface area contributed by atoms with Crippen LogP contribution in [0.15, 0.2) is 30.5 Å². The first kappa shape index (κ1) is 14.0. The normalized spacial score (nSPS) is 10.3. The molecule has 2 rings (SSSR count). The van der Waals surface area contributed by atoms with Gasteiger partial charge in [-0.2, -0.15) is 0 Å².